The van der Waals surface area contributed by atoms with Crippen molar-refractivity contribution in [2.24, 2.45) is 5.92 Å². The van der Waals surface area contributed by atoms with Crippen molar-refractivity contribution in [3.8, 4) is 5.75 Å². The van der Waals surface area contributed by atoms with Gasteiger partial charge in [-0.2, -0.15) is 0 Å². The molecule has 1 aromatic rings. The van der Waals surface area contributed by atoms with Crippen molar-refractivity contribution in [1.29, 1.82) is 0 Å². The minimum Gasteiger partial charge on any atom is -0.481 e. The topological polar surface area (TPSA) is 76.2 Å². The quantitative estimate of drug-likeness (QED) is 0.590. The number of amides is 2. The van der Waals surface area contributed by atoms with Gasteiger partial charge in [0.2, 0.25) is 5.91 Å². The Morgan fingerprint density at radius 3 is 2.39 bits per heavy atom. The fourth-order valence-electron chi connectivity index (χ4n) is 3.78. The summed E-state index contributed by atoms with van der Waals surface area (Å²) < 4.78 is 11.1. The number of carbonyl (C=O) groups is 3. The summed E-state index contributed by atoms with van der Waals surface area (Å²) >= 11 is 0. The van der Waals surface area contributed by atoms with Crippen molar-refractivity contribution in [2.45, 2.75) is 59.5 Å². The second kappa shape index (κ2) is 11.2. The number of hydrogen-bond acceptors (Lipinski definition) is 5. The zero-order valence-electron chi connectivity index (χ0n) is 19.6. The zero-order valence-corrected chi connectivity index (χ0v) is 19.6. The normalized spacial score (nSPS) is 15.5. The zero-order chi connectivity index (χ0) is 23.1. The van der Waals surface area contributed by atoms with Crippen molar-refractivity contribution >= 4 is 17.8 Å². The fourth-order valence-corrected chi connectivity index (χ4v) is 3.78. The number of nitrogens with zero attached hydrogens (tertiary/aromatic N) is 2. The number of benzene rings is 1. The molecule has 0 spiro atoms. The predicted molar refractivity (Wildman–Crippen MR) is 119 cm³/mol. The number of esters is 1. The van der Waals surface area contributed by atoms with Crippen LogP contribution in [-0.2, 0) is 19.1 Å². The van der Waals surface area contributed by atoms with Crippen LogP contribution in [0.15, 0.2) is 18.2 Å². The molecule has 0 radical (unpaired) electrons. The molecule has 1 aliphatic heterocycles. The van der Waals surface area contributed by atoms with Crippen molar-refractivity contribution in [1.82, 2.24) is 9.80 Å². The van der Waals surface area contributed by atoms with E-state index in [-0.39, 0.29) is 36.2 Å². The van der Waals surface area contributed by atoms with E-state index in [1.54, 1.807) is 25.8 Å². The Labute approximate surface area is 185 Å². The van der Waals surface area contributed by atoms with Gasteiger partial charge in [-0.1, -0.05) is 26.0 Å². The smallest absolute Gasteiger partial charge is 0.309 e. The molecular formula is C24H36N2O5. The Balaban J connectivity index is 1.90. The number of piperidine rings is 1. The predicted octanol–water partition coefficient (Wildman–Crippen LogP) is 3.15. The van der Waals surface area contributed by atoms with Crippen molar-refractivity contribution in [2.75, 3.05) is 33.3 Å². The largest absolute Gasteiger partial charge is 0.481 e. The van der Waals surface area contributed by atoms with E-state index in [1.165, 1.54) is 4.90 Å². The van der Waals surface area contributed by atoms with Crippen molar-refractivity contribution in [3.05, 3.63) is 29.3 Å². The molecule has 1 unspecified atom stereocenters. The molecule has 1 saturated heterocycles. The van der Waals surface area contributed by atoms with Crippen LogP contribution in [0.25, 0.3) is 0 Å². The Hall–Kier alpha value is -2.57. The molecule has 0 bridgehead atoms. The lowest BCUT2D eigenvalue weighted by molar-refractivity contribution is -0.151. The molecular weight excluding hydrogens is 396 g/mol. The summed E-state index contributed by atoms with van der Waals surface area (Å²) in [5.74, 6) is 0.271. The van der Waals surface area contributed by atoms with Gasteiger partial charge in [-0.3, -0.25) is 14.4 Å². The van der Waals surface area contributed by atoms with E-state index >= 15 is 0 Å². The molecule has 172 valence electrons. The molecule has 0 N–H and O–H groups in total. The number of likely N-dealkylation sites (N-methyl/N-ethyl adjacent to an activating group) is 1. The van der Waals surface area contributed by atoms with E-state index in [9.17, 15) is 14.4 Å². The molecule has 1 atom stereocenters. The first-order valence-electron chi connectivity index (χ1n) is 11.1. The number of ether oxygens (including phenoxy) is 2. The molecule has 1 fully saturated rings. The first-order chi connectivity index (χ1) is 14.6. The number of hydrogen-bond donors (Lipinski definition) is 0. The van der Waals surface area contributed by atoms with Crippen LogP contribution in [-0.4, -0.2) is 67.0 Å². The van der Waals surface area contributed by atoms with E-state index in [0.29, 0.717) is 38.3 Å². The molecule has 31 heavy (non-hydrogen) atoms. The van der Waals surface area contributed by atoms with Crippen LogP contribution in [0.4, 0.5) is 0 Å². The minimum atomic E-state index is -0.702. The van der Waals surface area contributed by atoms with Crippen LogP contribution in [0.3, 0.4) is 0 Å². The monoisotopic (exact) mass is 432 g/mol. The van der Waals surface area contributed by atoms with Gasteiger partial charge >= 0.3 is 5.97 Å². The maximum Gasteiger partial charge on any atom is 0.309 e. The number of rotatable bonds is 8. The molecule has 0 aromatic heterocycles. The Morgan fingerprint density at radius 1 is 1.16 bits per heavy atom. The summed E-state index contributed by atoms with van der Waals surface area (Å²) in [6.45, 7) is 11.0. The van der Waals surface area contributed by atoms with Crippen molar-refractivity contribution in [3.63, 3.8) is 0 Å². The van der Waals surface area contributed by atoms with Gasteiger partial charge in [0.15, 0.2) is 6.10 Å². The first kappa shape index (κ1) is 24.7. The van der Waals surface area contributed by atoms with Gasteiger partial charge in [-0.15, -0.1) is 0 Å². The van der Waals surface area contributed by atoms with Crippen LogP contribution >= 0.6 is 0 Å². The van der Waals surface area contributed by atoms with E-state index in [4.69, 9.17) is 9.47 Å². The average molecular weight is 433 g/mol. The molecule has 1 heterocycles. The van der Waals surface area contributed by atoms with E-state index in [1.807, 2.05) is 25.1 Å². The van der Waals surface area contributed by atoms with Gasteiger partial charge in [0.05, 0.1) is 19.1 Å². The summed E-state index contributed by atoms with van der Waals surface area (Å²) in [5.41, 5.74) is 2.11. The Morgan fingerprint density at radius 2 is 1.81 bits per heavy atom. The third-order valence-electron chi connectivity index (χ3n) is 5.66. The first-order valence-corrected chi connectivity index (χ1v) is 11.1. The highest BCUT2D eigenvalue weighted by Gasteiger charge is 2.30. The molecule has 1 aliphatic rings. The molecule has 2 rings (SSSR count). The summed E-state index contributed by atoms with van der Waals surface area (Å²) in [5, 5.41) is 0. The van der Waals surface area contributed by atoms with Gasteiger partial charge in [0.25, 0.3) is 5.91 Å². The van der Waals surface area contributed by atoms with E-state index in [0.717, 1.165) is 11.1 Å². The molecule has 7 heteroatoms. The second-order valence-corrected chi connectivity index (χ2v) is 8.56. The summed E-state index contributed by atoms with van der Waals surface area (Å²) in [4.78, 5) is 40.5. The standard InChI is InChI=1S/C24H36N2O5/c1-7-30-24(29)19-10-12-26(13-11-19)22(27)15-25(6)23(28)18(5)31-21-14-17(4)8-9-20(21)16(2)3/h8-9,14,16,18-19H,7,10-13,15H2,1-6H3. The van der Waals surface area contributed by atoms with Crippen molar-refractivity contribution < 1.29 is 23.9 Å². The van der Waals surface area contributed by atoms with Crippen LogP contribution in [0.5, 0.6) is 5.75 Å². The fraction of sp³-hybridized carbons (Fsp3) is 0.625. The second-order valence-electron chi connectivity index (χ2n) is 8.56. The average Bonchev–Trinajstić information content (AvgIpc) is 2.73. The minimum absolute atomic E-state index is 0.0124. The Bertz CT molecular complexity index is 784. The Kier molecular flexibility index (Phi) is 8.89. The van der Waals surface area contributed by atoms with Gasteiger partial charge in [0.1, 0.15) is 5.75 Å². The molecule has 0 saturated carbocycles. The summed E-state index contributed by atoms with van der Waals surface area (Å²) in [6, 6.07) is 6.00. The SMILES string of the molecule is CCOC(=O)C1CCN(C(=O)CN(C)C(=O)C(C)Oc2cc(C)ccc2C(C)C)CC1. The molecule has 2 amide bonds. The van der Waals surface area contributed by atoms with Crippen LogP contribution in [0, 0.1) is 12.8 Å². The van der Waals surface area contributed by atoms with Crippen LogP contribution in [0.1, 0.15) is 57.6 Å². The van der Waals surface area contributed by atoms with Gasteiger partial charge < -0.3 is 19.3 Å². The van der Waals surface area contributed by atoms with E-state index in [2.05, 4.69) is 13.8 Å². The molecule has 7 nitrogen and oxygen atoms in total. The third kappa shape index (κ3) is 6.71. The lowest BCUT2D eigenvalue weighted by Gasteiger charge is -2.32. The highest BCUT2D eigenvalue weighted by atomic mass is 16.5. The number of aryl methyl sites for hydroxylation is 1. The highest BCUT2D eigenvalue weighted by Crippen LogP contribution is 2.28. The van der Waals surface area contributed by atoms with Gasteiger partial charge in [-0.05, 0) is 56.7 Å². The third-order valence-corrected chi connectivity index (χ3v) is 5.66. The van der Waals surface area contributed by atoms with Gasteiger partial charge in [0, 0.05) is 20.1 Å². The lowest BCUT2D eigenvalue weighted by atomic mass is 9.97. The summed E-state index contributed by atoms with van der Waals surface area (Å²) in [7, 11) is 1.62. The maximum absolute atomic E-state index is 12.8. The van der Waals surface area contributed by atoms with E-state index < -0.39 is 6.10 Å². The molecule has 0 aliphatic carbocycles. The number of carbonyl (C=O) groups excluding carboxylic acids is 3. The van der Waals surface area contributed by atoms with Crippen LogP contribution in [0.2, 0.25) is 0 Å². The summed E-state index contributed by atoms with van der Waals surface area (Å²) in [6.07, 6.45) is 0.479. The molecule has 1 aromatic carbocycles. The van der Waals surface area contributed by atoms with Gasteiger partial charge in [-0.25, -0.2) is 0 Å². The lowest BCUT2D eigenvalue weighted by Crippen LogP contribution is -2.47. The van der Waals surface area contributed by atoms with Crippen LogP contribution < -0.4 is 4.74 Å². The maximum atomic E-state index is 12.8. The highest BCUT2D eigenvalue weighted by molar-refractivity contribution is 5.87. The number of likely N-dealkylation sites (tertiary alicyclic amines) is 1.